The molecule has 0 aliphatic carbocycles. The number of nitrogens with one attached hydrogen (secondary N) is 1. The Balaban J connectivity index is 2.87. The van der Waals surface area contributed by atoms with Gasteiger partial charge in [0.1, 0.15) is 0 Å². The van der Waals surface area contributed by atoms with E-state index >= 15 is 0 Å². The van der Waals surface area contributed by atoms with Crippen molar-refractivity contribution in [3.8, 4) is 0 Å². The Morgan fingerprint density at radius 1 is 1.57 bits per heavy atom. The summed E-state index contributed by atoms with van der Waals surface area (Å²) in [5.74, 6) is -0.0118. The Morgan fingerprint density at radius 2 is 2.36 bits per heavy atom. The summed E-state index contributed by atoms with van der Waals surface area (Å²) in [4.78, 5) is 25.0. The molecule has 2 heterocycles. The zero-order valence-electron chi connectivity index (χ0n) is 7.02. The zero-order valence-corrected chi connectivity index (χ0v) is 7.02. The van der Waals surface area contributed by atoms with E-state index in [1.807, 2.05) is 0 Å². The summed E-state index contributed by atoms with van der Waals surface area (Å²) >= 11 is 0. The summed E-state index contributed by atoms with van der Waals surface area (Å²) in [6.45, 7) is 0.131. The van der Waals surface area contributed by atoms with Gasteiger partial charge in [0, 0.05) is 5.70 Å². The highest BCUT2D eigenvalue weighted by Gasteiger charge is 2.04. The first-order valence-corrected chi connectivity index (χ1v) is 3.80. The number of hydrogen-bond donors (Lipinski definition) is 2. The van der Waals surface area contributed by atoms with Crippen LogP contribution in [0.4, 0.5) is 5.95 Å². The van der Waals surface area contributed by atoms with Gasteiger partial charge < -0.3 is 10.8 Å². The molecule has 2 rings (SSSR count). The molecule has 1 aliphatic heterocycles. The van der Waals surface area contributed by atoms with Gasteiger partial charge in [-0.15, -0.1) is 6.26 Å². The summed E-state index contributed by atoms with van der Waals surface area (Å²) in [7, 11) is 0. The number of H-pyrrole nitrogens is 1. The molecule has 1 aromatic rings. The molecular weight excluding hydrogens is 186 g/mol. The van der Waals surface area contributed by atoms with Gasteiger partial charge in [-0.2, -0.15) is 4.98 Å². The van der Waals surface area contributed by atoms with Crippen molar-refractivity contribution in [1.82, 2.24) is 9.97 Å². The smallest absolute Gasteiger partial charge is 0.280 e. The minimum atomic E-state index is -0.490. The molecule has 0 saturated heterocycles. The largest absolute Gasteiger partial charge is 0.877 e. The quantitative estimate of drug-likeness (QED) is 0.421. The molecule has 0 atom stereocenters. The van der Waals surface area contributed by atoms with Crippen LogP contribution in [0.5, 0.6) is 0 Å². The molecule has 0 fully saturated rings. The lowest BCUT2D eigenvalue weighted by Gasteiger charge is -2.04. The molecular formula is C7H6N5O2-. The van der Waals surface area contributed by atoms with Gasteiger partial charge in [-0.05, 0) is 0 Å². The minimum absolute atomic E-state index is 0.0118. The van der Waals surface area contributed by atoms with Gasteiger partial charge >= 0.3 is 0 Å². The van der Waals surface area contributed by atoms with Crippen LogP contribution < -0.4 is 27.2 Å². The Kier molecular flexibility index (Phi) is 1.77. The van der Waals surface area contributed by atoms with Crippen molar-refractivity contribution < 1.29 is 5.11 Å². The monoisotopic (exact) mass is 192 g/mol. The number of anilines is 1. The SMILES string of the molecule is Nc1nc2c(c(=O)[nH]1)=NC(=C[O-])CN=2. The van der Waals surface area contributed by atoms with Crippen molar-refractivity contribution in [2.45, 2.75) is 0 Å². The molecule has 0 aromatic carbocycles. The van der Waals surface area contributed by atoms with Crippen LogP contribution >= 0.6 is 0 Å². The predicted octanol–water partition coefficient (Wildman–Crippen LogP) is -3.19. The number of aromatic nitrogens is 2. The molecule has 0 unspecified atom stereocenters. The maximum absolute atomic E-state index is 11.3. The maximum Gasteiger partial charge on any atom is 0.280 e. The van der Waals surface area contributed by atoms with Crippen LogP contribution in [0, 0.1) is 0 Å². The third-order valence-corrected chi connectivity index (χ3v) is 1.68. The number of rotatable bonds is 0. The van der Waals surface area contributed by atoms with Crippen LogP contribution in [-0.4, -0.2) is 16.5 Å². The topological polar surface area (TPSA) is 120 Å². The van der Waals surface area contributed by atoms with E-state index in [2.05, 4.69) is 20.0 Å². The van der Waals surface area contributed by atoms with Gasteiger partial charge in [0.05, 0.1) is 6.54 Å². The molecule has 0 radical (unpaired) electrons. The van der Waals surface area contributed by atoms with E-state index in [9.17, 15) is 9.90 Å². The highest BCUT2D eigenvalue weighted by atomic mass is 16.2. The number of aromatic amines is 1. The summed E-state index contributed by atoms with van der Waals surface area (Å²) in [6, 6.07) is 0. The van der Waals surface area contributed by atoms with Crippen LogP contribution in [0.1, 0.15) is 0 Å². The molecule has 7 heteroatoms. The number of fused-ring (bicyclic) bond motifs is 1. The minimum Gasteiger partial charge on any atom is -0.877 e. The van der Waals surface area contributed by atoms with Gasteiger partial charge in [0.25, 0.3) is 5.56 Å². The maximum atomic E-state index is 11.3. The molecule has 7 nitrogen and oxygen atoms in total. The Hall–Kier alpha value is -2.18. The van der Waals surface area contributed by atoms with E-state index in [1.54, 1.807) is 0 Å². The zero-order chi connectivity index (χ0) is 10.1. The molecule has 0 amide bonds. The first kappa shape index (κ1) is 8.42. The van der Waals surface area contributed by atoms with E-state index in [1.165, 1.54) is 0 Å². The van der Waals surface area contributed by atoms with Gasteiger partial charge in [0.2, 0.25) is 5.95 Å². The third kappa shape index (κ3) is 1.24. The lowest BCUT2D eigenvalue weighted by molar-refractivity contribution is -0.276. The van der Waals surface area contributed by atoms with E-state index < -0.39 is 5.56 Å². The third-order valence-electron chi connectivity index (χ3n) is 1.68. The fraction of sp³-hybridized carbons (Fsp3) is 0.143. The first-order valence-electron chi connectivity index (χ1n) is 3.80. The fourth-order valence-corrected chi connectivity index (χ4v) is 1.08. The first-order chi connectivity index (χ1) is 6.70. The lowest BCUT2D eigenvalue weighted by atomic mass is 10.4. The molecule has 0 saturated carbocycles. The standard InChI is InChI=1S/C7H7N5O2/c8-7-11-5-4(6(14)12-7)10-3(2-13)1-9-5/h2,13H,1H2,(H3,8,9,11,12,14)/p-1. The molecule has 1 aromatic heterocycles. The van der Waals surface area contributed by atoms with Crippen molar-refractivity contribution in [2.24, 2.45) is 9.98 Å². The summed E-state index contributed by atoms with van der Waals surface area (Å²) in [5.41, 5.74) is 5.20. The van der Waals surface area contributed by atoms with Gasteiger partial charge in [-0.1, -0.05) is 0 Å². The van der Waals surface area contributed by atoms with Crippen LogP contribution in [0.15, 0.2) is 26.7 Å². The van der Waals surface area contributed by atoms with E-state index in [4.69, 9.17) is 5.73 Å². The normalized spacial score (nSPS) is 17.0. The average Bonchev–Trinajstić information content (AvgIpc) is 2.17. The Morgan fingerprint density at radius 3 is 3.07 bits per heavy atom. The van der Waals surface area contributed by atoms with Gasteiger partial charge in [0.15, 0.2) is 10.8 Å². The average molecular weight is 192 g/mol. The Bertz CT molecular complexity index is 571. The van der Waals surface area contributed by atoms with Crippen LogP contribution in [0.3, 0.4) is 0 Å². The van der Waals surface area contributed by atoms with E-state index in [0.29, 0.717) is 6.26 Å². The number of nitrogens with zero attached hydrogens (tertiary/aromatic N) is 3. The van der Waals surface area contributed by atoms with Crippen LogP contribution in [0.2, 0.25) is 0 Å². The van der Waals surface area contributed by atoms with Crippen molar-refractivity contribution >= 4 is 5.95 Å². The Labute approximate surface area is 77.4 Å². The van der Waals surface area contributed by atoms with Gasteiger partial charge in [-0.25, -0.2) is 4.99 Å². The molecule has 14 heavy (non-hydrogen) atoms. The molecule has 1 aliphatic rings. The highest BCUT2D eigenvalue weighted by Crippen LogP contribution is 1.93. The van der Waals surface area contributed by atoms with Gasteiger partial charge in [-0.3, -0.25) is 14.8 Å². The molecule has 0 spiro atoms. The van der Waals surface area contributed by atoms with Crippen LogP contribution in [0.25, 0.3) is 0 Å². The fourth-order valence-electron chi connectivity index (χ4n) is 1.08. The van der Waals surface area contributed by atoms with Crippen molar-refractivity contribution in [2.75, 3.05) is 12.3 Å². The van der Waals surface area contributed by atoms with Crippen molar-refractivity contribution in [1.29, 1.82) is 0 Å². The predicted molar refractivity (Wildman–Crippen MR) is 44.5 cm³/mol. The summed E-state index contributed by atoms with van der Waals surface area (Å²) in [5, 5.41) is 10.4. The van der Waals surface area contributed by atoms with Crippen molar-refractivity contribution in [3.63, 3.8) is 0 Å². The molecule has 0 bridgehead atoms. The highest BCUT2D eigenvalue weighted by molar-refractivity contribution is 5.14. The number of hydrogen-bond acceptors (Lipinski definition) is 6. The lowest BCUT2D eigenvalue weighted by Crippen LogP contribution is -2.46. The van der Waals surface area contributed by atoms with E-state index in [-0.39, 0.29) is 29.0 Å². The second kappa shape index (κ2) is 2.95. The van der Waals surface area contributed by atoms with Crippen molar-refractivity contribution in [3.05, 3.63) is 33.2 Å². The second-order valence-corrected chi connectivity index (χ2v) is 2.66. The molecule has 72 valence electrons. The van der Waals surface area contributed by atoms with Crippen LogP contribution in [-0.2, 0) is 0 Å². The molecule has 3 N–H and O–H groups in total. The summed E-state index contributed by atoms with van der Waals surface area (Å²) < 4.78 is 0. The second-order valence-electron chi connectivity index (χ2n) is 2.66. The number of nitrogens with two attached hydrogens (primary N) is 1. The summed E-state index contributed by atoms with van der Waals surface area (Å²) in [6.07, 6.45) is 0.558. The number of nitrogen functional groups attached to an aromatic ring is 1. The van der Waals surface area contributed by atoms with E-state index in [0.717, 1.165) is 0 Å².